The number of carbonyl (C=O) groups excluding carboxylic acids is 1. The maximum atomic E-state index is 11.3. The van der Waals surface area contributed by atoms with Gasteiger partial charge in [0.1, 0.15) is 0 Å². The van der Waals surface area contributed by atoms with Crippen molar-refractivity contribution in [2.75, 3.05) is 0 Å². The first-order valence-corrected chi connectivity index (χ1v) is 4.58. The standard InChI is InChI=1S/C9H12N2O3/c10-5-11-8(12)6-3-1-2-4-7(6)9(13)14/h6-7H,1-4H2,(H,11,12)(H,13,14)/t6-,7+/m1/s1. The molecule has 0 bridgehead atoms. The van der Waals surface area contributed by atoms with Crippen LogP contribution in [-0.4, -0.2) is 17.0 Å². The molecule has 1 aliphatic carbocycles. The molecule has 1 aliphatic rings. The molecule has 2 atom stereocenters. The topological polar surface area (TPSA) is 90.2 Å². The number of hydrogen-bond donors (Lipinski definition) is 2. The predicted molar refractivity (Wildman–Crippen MR) is 46.8 cm³/mol. The van der Waals surface area contributed by atoms with Crippen LogP contribution in [0.3, 0.4) is 0 Å². The molecule has 1 amide bonds. The van der Waals surface area contributed by atoms with Gasteiger partial charge in [0.05, 0.1) is 11.8 Å². The molecule has 0 saturated heterocycles. The molecule has 0 heterocycles. The van der Waals surface area contributed by atoms with Crippen molar-refractivity contribution in [2.24, 2.45) is 11.8 Å². The second-order valence-corrected chi connectivity index (χ2v) is 3.44. The van der Waals surface area contributed by atoms with E-state index in [0.29, 0.717) is 12.8 Å². The Hall–Kier alpha value is -1.57. The van der Waals surface area contributed by atoms with Crippen LogP contribution in [0.5, 0.6) is 0 Å². The third-order valence-corrected chi connectivity index (χ3v) is 2.60. The van der Waals surface area contributed by atoms with Crippen molar-refractivity contribution in [2.45, 2.75) is 25.7 Å². The van der Waals surface area contributed by atoms with E-state index in [1.165, 1.54) is 6.19 Å². The first-order valence-electron chi connectivity index (χ1n) is 4.58. The third kappa shape index (κ3) is 2.22. The molecule has 5 nitrogen and oxygen atoms in total. The number of rotatable bonds is 2. The average Bonchev–Trinajstić information content (AvgIpc) is 2.18. The first-order chi connectivity index (χ1) is 6.66. The zero-order chi connectivity index (χ0) is 10.6. The molecule has 0 aliphatic heterocycles. The molecule has 1 saturated carbocycles. The van der Waals surface area contributed by atoms with Crippen LogP contribution in [0.25, 0.3) is 0 Å². The highest BCUT2D eigenvalue weighted by Crippen LogP contribution is 2.30. The van der Waals surface area contributed by atoms with E-state index in [9.17, 15) is 9.59 Å². The number of hydrogen-bond acceptors (Lipinski definition) is 3. The van der Waals surface area contributed by atoms with E-state index in [1.807, 2.05) is 5.32 Å². The van der Waals surface area contributed by atoms with Gasteiger partial charge in [-0.05, 0) is 12.8 Å². The average molecular weight is 196 g/mol. The van der Waals surface area contributed by atoms with Crippen LogP contribution >= 0.6 is 0 Å². The van der Waals surface area contributed by atoms with Crippen LogP contribution < -0.4 is 5.32 Å². The fourth-order valence-electron chi connectivity index (χ4n) is 1.89. The number of nitrogens with one attached hydrogen (secondary N) is 1. The summed E-state index contributed by atoms with van der Waals surface area (Å²) in [5.41, 5.74) is 0. The lowest BCUT2D eigenvalue weighted by molar-refractivity contribution is -0.148. The fraction of sp³-hybridized carbons (Fsp3) is 0.667. The van der Waals surface area contributed by atoms with E-state index in [2.05, 4.69) is 0 Å². The normalized spacial score (nSPS) is 26.2. The lowest BCUT2D eigenvalue weighted by Gasteiger charge is -2.26. The number of amides is 1. The van der Waals surface area contributed by atoms with E-state index >= 15 is 0 Å². The quantitative estimate of drug-likeness (QED) is 0.496. The summed E-state index contributed by atoms with van der Waals surface area (Å²) in [6.07, 6.45) is 4.31. The highest BCUT2D eigenvalue weighted by molar-refractivity contribution is 5.85. The summed E-state index contributed by atoms with van der Waals surface area (Å²) in [6.45, 7) is 0. The maximum Gasteiger partial charge on any atom is 0.307 e. The SMILES string of the molecule is N#CNC(=O)[C@@H]1CCCC[C@@H]1C(=O)O. The van der Waals surface area contributed by atoms with E-state index in [0.717, 1.165) is 12.8 Å². The summed E-state index contributed by atoms with van der Waals surface area (Å²) in [5, 5.41) is 19.1. The summed E-state index contributed by atoms with van der Waals surface area (Å²) in [6, 6.07) is 0. The summed E-state index contributed by atoms with van der Waals surface area (Å²) in [7, 11) is 0. The van der Waals surface area contributed by atoms with Gasteiger partial charge in [0.2, 0.25) is 5.91 Å². The molecular formula is C9H12N2O3. The Bertz CT molecular complexity index is 282. The van der Waals surface area contributed by atoms with Crippen molar-refractivity contribution in [3.05, 3.63) is 0 Å². The minimum Gasteiger partial charge on any atom is -0.481 e. The largest absolute Gasteiger partial charge is 0.481 e. The summed E-state index contributed by atoms with van der Waals surface area (Å²) in [4.78, 5) is 22.1. The van der Waals surface area contributed by atoms with E-state index in [4.69, 9.17) is 10.4 Å². The van der Waals surface area contributed by atoms with E-state index in [1.54, 1.807) is 0 Å². The van der Waals surface area contributed by atoms with Crippen molar-refractivity contribution in [1.29, 1.82) is 5.26 Å². The van der Waals surface area contributed by atoms with Crippen LogP contribution in [0.15, 0.2) is 0 Å². The van der Waals surface area contributed by atoms with Crippen LogP contribution in [0.1, 0.15) is 25.7 Å². The van der Waals surface area contributed by atoms with Gasteiger partial charge in [-0.1, -0.05) is 12.8 Å². The Labute approximate surface area is 81.7 Å². The lowest BCUT2D eigenvalue weighted by atomic mass is 9.79. The van der Waals surface area contributed by atoms with Gasteiger partial charge in [0, 0.05) is 0 Å². The van der Waals surface area contributed by atoms with Crippen molar-refractivity contribution in [3.63, 3.8) is 0 Å². The van der Waals surface area contributed by atoms with Gasteiger partial charge in [-0.25, -0.2) is 0 Å². The second-order valence-electron chi connectivity index (χ2n) is 3.44. The van der Waals surface area contributed by atoms with E-state index < -0.39 is 23.7 Å². The Balaban J connectivity index is 2.68. The number of nitrogens with zero attached hydrogens (tertiary/aromatic N) is 1. The summed E-state index contributed by atoms with van der Waals surface area (Å²) < 4.78 is 0. The molecule has 0 aromatic carbocycles. The second kappa shape index (κ2) is 4.61. The number of nitriles is 1. The van der Waals surface area contributed by atoms with Crippen LogP contribution in [0.2, 0.25) is 0 Å². The fourth-order valence-corrected chi connectivity index (χ4v) is 1.89. The summed E-state index contributed by atoms with van der Waals surface area (Å²) >= 11 is 0. The number of aliphatic carboxylic acids is 1. The molecule has 2 N–H and O–H groups in total. The maximum absolute atomic E-state index is 11.3. The molecule has 76 valence electrons. The smallest absolute Gasteiger partial charge is 0.307 e. The monoisotopic (exact) mass is 196 g/mol. The minimum atomic E-state index is -0.942. The van der Waals surface area contributed by atoms with Crippen molar-refractivity contribution < 1.29 is 14.7 Å². The van der Waals surface area contributed by atoms with Crippen molar-refractivity contribution in [1.82, 2.24) is 5.32 Å². The first kappa shape index (κ1) is 10.5. The van der Waals surface area contributed by atoms with Crippen molar-refractivity contribution >= 4 is 11.9 Å². The molecule has 14 heavy (non-hydrogen) atoms. The highest BCUT2D eigenvalue weighted by atomic mass is 16.4. The number of carboxylic acid groups (broad SMARTS) is 1. The highest BCUT2D eigenvalue weighted by Gasteiger charge is 2.35. The zero-order valence-corrected chi connectivity index (χ0v) is 7.69. The van der Waals surface area contributed by atoms with Crippen LogP contribution in [0.4, 0.5) is 0 Å². The van der Waals surface area contributed by atoms with Crippen LogP contribution in [-0.2, 0) is 9.59 Å². The Morgan fingerprint density at radius 3 is 2.36 bits per heavy atom. The zero-order valence-electron chi connectivity index (χ0n) is 7.69. The van der Waals surface area contributed by atoms with Gasteiger partial charge in [-0.2, -0.15) is 5.26 Å². The number of carbonyl (C=O) groups is 2. The molecular weight excluding hydrogens is 184 g/mol. The Kier molecular flexibility index (Phi) is 3.46. The molecule has 5 heteroatoms. The van der Waals surface area contributed by atoms with Gasteiger partial charge in [0.15, 0.2) is 6.19 Å². The van der Waals surface area contributed by atoms with Gasteiger partial charge >= 0.3 is 5.97 Å². The Morgan fingerprint density at radius 2 is 1.86 bits per heavy atom. The molecule has 0 aromatic heterocycles. The van der Waals surface area contributed by atoms with Crippen LogP contribution in [0, 0.1) is 23.3 Å². The molecule has 0 aromatic rings. The number of carboxylic acids is 1. The van der Waals surface area contributed by atoms with Crippen molar-refractivity contribution in [3.8, 4) is 6.19 Å². The van der Waals surface area contributed by atoms with Gasteiger partial charge in [0.25, 0.3) is 0 Å². The summed E-state index contributed by atoms with van der Waals surface area (Å²) in [5.74, 6) is -2.57. The predicted octanol–water partition coefficient (Wildman–Crippen LogP) is 0.475. The van der Waals surface area contributed by atoms with Gasteiger partial charge in [-0.15, -0.1) is 0 Å². The molecule has 1 fully saturated rings. The lowest BCUT2D eigenvalue weighted by Crippen LogP contribution is -2.38. The molecule has 0 spiro atoms. The molecule has 0 unspecified atom stereocenters. The molecule has 0 radical (unpaired) electrons. The Morgan fingerprint density at radius 1 is 1.29 bits per heavy atom. The van der Waals surface area contributed by atoms with E-state index in [-0.39, 0.29) is 0 Å². The molecule has 1 rings (SSSR count). The minimum absolute atomic E-state index is 0.459. The third-order valence-electron chi connectivity index (χ3n) is 2.60. The van der Waals surface area contributed by atoms with Gasteiger partial charge in [-0.3, -0.25) is 14.9 Å². The van der Waals surface area contributed by atoms with Gasteiger partial charge < -0.3 is 5.11 Å².